The summed E-state index contributed by atoms with van der Waals surface area (Å²) >= 11 is 0. The molecule has 2 rings (SSSR count). The number of guanidine groups is 1. The molecule has 1 unspecified atom stereocenters. The highest BCUT2D eigenvalue weighted by molar-refractivity contribution is 5.79. The van der Waals surface area contributed by atoms with Crippen LogP contribution < -0.4 is 10.6 Å². The molecule has 6 heteroatoms. The first-order chi connectivity index (χ1) is 11.7. The lowest BCUT2D eigenvalue weighted by atomic mass is 9.67. The van der Waals surface area contributed by atoms with E-state index in [0.29, 0.717) is 11.5 Å². The van der Waals surface area contributed by atoms with E-state index in [0.717, 1.165) is 45.2 Å². The summed E-state index contributed by atoms with van der Waals surface area (Å²) in [6.07, 6.45) is 7.62. The van der Waals surface area contributed by atoms with E-state index in [1.165, 1.54) is 38.6 Å². The summed E-state index contributed by atoms with van der Waals surface area (Å²) in [4.78, 5) is 6.92. The number of methoxy groups -OCH3 is 2. The molecule has 140 valence electrons. The summed E-state index contributed by atoms with van der Waals surface area (Å²) in [6.45, 7) is 5.81. The van der Waals surface area contributed by atoms with Gasteiger partial charge in [-0.2, -0.15) is 0 Å². The molecule has 1 aliphatic heterocycles. The average molecular weight is 341 g/mol. The molecule has 2 aliphatic rings. The van der Waals surface area contributed by atoms with Crippen LogP contribution in [0.3, 0.4) is 0 Å². The first-order valence-electron chi connectivity index (χ1n) is 9.39. The van der Waals surface area contributed by atoms with Crippen LogP contribution in [0.15, 0.2) is 4.99 Å². The molecule has 1 saturated carbocycles. The molecular formula is C18H36N4O2. The van der Waals surface area contributed by atoms with Crippen LogP contribution in [0.5, 0.6) is 0 Å². The number of hydrogen-bond acceptors (Lipinski definition) is 4. The number of nitrogens with one attached hydrogen (secondary N) is 2. The molecule has 6 nitrogen and oxygen atoms in total. The summed E-state index contributed by atoms with van der Waals surface area (Å²) in [5, 5.41) is 7.06. The minimum Gasteiger partial charge on any atom is -0.385 e. The van der Waals surface area contributed by atoms with Gasteiger partial charge in [0.25, 0.3) is 0 Å². The van der Waals surface area contributed by atoms with Gasteiger partial charge < -0.3 is 20.1 Å². The Morgan fingerprint density at radius 3 is 2.58 bits per heavy atom. The van der Waals surface area contributed by atoms with Crippen LogP contribution >= 0.6 is 0 Å². The highest BCUT2D eigenvalue weighted by atomic mass is 16.5. The Hall–Kier alpha value is -0.850. The van der Waals surface area contributed by atoms with Crippen LogP contribution in [0.1, 0.15) is 38.5 Å². The Labute approximate surface area is 147 Å². The third kappa shape index (κ3) is 5.60. The van der Waals surface area contributed by atoms with Crippen molar-refractivity contribution in [2.75, 3.05) is 60.7 Å². The fourth-order valence-electron chi connectivity index (χ4n) is 3.85. The summed E-state index contributed by atoms with van der Waals surface area (Å²) < 4.78 is 10.5. The number of likely N-dealkylation sites (tertiary alicyclic amines) is 1. The molecule has 0 amide bonds. The van der Waals surface area contributed by atoms with E-state index in [4.69, 9.17) is 9.47 Å². The lowest BCUT2D eigenvalue weighted by Crippen LogP contribution is -2.49. The Morgan fingerprint density at radius 1 is 1.17 bits per heavy atom. The molecule has 2 N–H and O–H groups in total. The van der Waals surface area contributed by atoms with Crippen LogP contribution in [0, 0.1) is 5.41 Å². The normalized spacial score (nSPS) is 24.0. The van der Waals surface area contributed by atoms with Gasteiger partial charge in [-0.1, -0.05) is 6.42 Å². The standard InChI is InChI=1S/C18H36N4O2/c1-19-17(21-15-18(7-5-8-18)9-12-23-2)20-14-16-6-4-10-22(16)11-13-24-3/h16H,4-15H2,1-3H3,(H2,19,20,21). The first-order valence-corrected chi connectivity index (χ1v) is 9.39. The van der Waals surface area contributed by atoms with Crippen LogP contribution in [0.2, 0.25) is 0 Å². The molecule has 24 heavy (non-hydrogen) atoms. The minimum atomic E-state index is 0.408. The Morgan fingerprint density at radius 2 is 1.96 bits per heavy atom. The van der Waals surface area contributed by atoms with E-state index in [-0.39, 0.29) is 0 Å². The van der Waals surface area contributed by atoms with Crippen LogP contribution in [0.25, 0.3) is 0 Å². The van der Waals surface area contributed by atoms with Gasteiger partial charge in [-0.05, 0) is 44.1 Å². The maximum absolute atomic E-state index is 5.28. The average Bonchev–Trinajstić information content (AvgIpc) is 3.01. The third-order valence-electron chi connectivity index (χ3n) is 5.69. The van der Waals surface area contributed by atoms with Crippen molar-refractivity contribution in [3.63, 3.8) is 0 Å². The zero-order valence-electron chi connectivity index (χ0n) is 15.8. The lowest BCUT2D eigenvalue weighted by molar-refractivity contribution is 0.0732. The third-order valence-corrected chi connectivity index (χ3v) is 5.69. The topological polar surface area (TPSA) is 58.1 Å². The molecule has 0 bridgehead atoms. The second-order valence-corrected chi connectivity index (χ2v) is 7.23. The number of nitrogens with zero attached hydrogens (tertiary/aromatic N) is 2. The number of hydrogen-bond donors (Lipinski definition) is 2. The lowest BCUT2D eigenvalue weighted by Gasteiger charge is -2.42. The van der Waals surface area contributed by atoms with Gasteiger partial charge in [-0.3, -0.25) is 9.89 Å². The molecule has 1 heterocycles. The van der Waals surface area contributed by atoms with E-state index in [1.807, 2.05) is 7.05 Å². The second kappa shape index (κ2) is 10.2. The fourth-order valence-corrected chi connectivity index (χ4v) is 3.85. The molecule has 1 saturated heterocycles. The molecular weight excluding hydrogens is 304 g/mol. The van der Waals surface area contributed by atoms with Crippen molar-refractivity contribution < 1.29 is 9.47 Å². The van der Waals surface area contributed by atoms with E-state index in [9.17, 15) is 0 Å². The molecule has 0 aromatic rings. The van der Waals surface area contributed by atoms with Crippen molar-refractivity contribution in [2.45, 2.75) is 44.6 Å². The van der Waals surface area contributed by atoms with Crippen molar-refractivity contribution in [1.29, 1.82) is 0 Å². The van der Waals surface area contributed by atoms with Crippen molar-refractivity contribution >= 4 is 5.96 Å². The Balaban J connectivity index is 1.72. The molecule has 0 radical (unpaired) electrons. The molecule has 0 aromatic heterocycles. The zero-order chi connectivity index (χ0) is 17.3. The monoisotopic (exact) mass is 340 g/mol. The van der Waals surface area contributed by atoms with Gasteiger partial charge >= 0.3 is 0 Å². The quantitative estimate of drug-likeness (QED) is 0.466. The first kappa shape index (κ1) is 19.5. The van der Waals surface area contributed by atoms with E-state index >= 15 is 0 Å². The SMILES string of the molecule is CN=C(NCC1CCCN1CCOC)NCC1(CCOC)CCC1. The predicted molar refractivity (Wildman–Crippen MR) is 98.6 cm³/mol. The van der Waals surface area contributed by atoms with Gasteiger partial charge in [0.2, 0.25) is 0 Å². The maximum Gasteiger partial charge on any atom is 0.191 e. The van der Waals surface area contributed by atoms with Crippen molar-refractivity contribution in [2.24, 2.45) is 10.4 Å². The van der Waals surface area contributed by atoms with Gasteiger partial charge in [-0.15, -0.1) is 0 Å². The molecule has 0 aromatic carbocycles. The largest absolute Gasteiger partial charge is 0.385 e. The van der Waals surface area contributed by atoms with Gasteiger partial charge in [0.05, 0.1) is 6.61 Å². The van der Waals surface area contributed by atoms with Gasteiger partial charge in [0.1, 0.15) is 0 Å². The van der Waals surface area contributed by atoms with E-state index in [1.54, 1.807) is 14.2 Å². The molecule has 0 spiro atoms. The fraction of sp³-hybridized carbons (Fsp3) is 0.944. The Kier molecular flexibility index (Phi) is 8.29. The number of ether oxygens (including phenoxy) is 2. The smallest absolute Gasteiger partial charge is 0.191 e. The van der Waals surface area contributed by atoms with E-state index in [2.05, 4.69) is 20.5 Å². The van der Waals surface area contributed by atoms with Crippen LogP contribution in [-0.4, -0.2) is 77.6 Å². The highest BCUT2D eigenvalue weighted by Gasteiger charge is 2.36. The summed E-state index contributed by atoms with van der Waals surface area (Å²) in [5.74, 6) is 0.928. The van der Waals surface area contributed by atoms with Gasteiger partial charge in [-0.25, -0.2) is 0 Å². The van der Waals surface area contributed by atoms with Crippen molar-refractivity contribution in [1.82, 2.24) is 15.5 Å². The number of rotatable bonds is 10. The van der Waals surface area contributed by atoms with Crippen LogP contribution in [0.4, 0.5) is 0 Å². The van der Waals surface area contributed by atoms with Gasteiger partial charge in [0.15, 0.2) is 5.96 Å². The van der Waals surface area contributed by atoms with Crippen molar-refractivity contribution in [3.8, 4) is 0 Å². The van der Waals surface area contributed by atoms with Gasteiger partial charge in [0, 0.05) is 53.6 Å². The Bertz CT molecular complexity index is 385. The zero-order valence-corrected chi connectivity index (χ0v) is 15.8. The molecule has 2 fully saturated rings. The maximum atomic E-state index is 5.28. The predicted octanol–water partition coefficient (Wildman–Crippen LogP) is 1.47. The summed E-state index contributed by atoms with van der Waals surface area (Å²) in [6, 6.07) is 0.588. The highest BCUT2D eigenvalue weighted by Crippen LogP contribution is 2.43. The minimum absolute atomic E-state index is 0.408. The van der Waals surface area contributed by atoms with Crippen molar-refractivity contribution in [3.05, 3.63) is 0 Å². The second-order valence-electron chi connectivity index (χ2n) is 7.23. The van der Waals surface area contributed by atoms with Crippen LogP contribution in [-0.2, 0) is 9.47 Å². The summed E-state index contributed by atoms with van der Waals surface area (Å²) in [7, 11) is 5.42. The summed E-state index contributed by atoms with van der Waals surface area (Å²) in [5.41, 5.74) is 0.408. The molecule has 1 aliphatic carbocycles. The van der Waals surface area contributed by atoms with E-state index < -0.39 is 0 Å². The molecule has 1 atom stereocenters. The number of aliphatic imine (C=N–C) groups is 1.